The minimum atomic E-state index is -0.790. The van der Waals surface area contributed by atoms with Gasteiger partial charge in [-0.05, 0) is 89.9 Å². The summed E-state index contributed by atoms with van der Waals surface area (Å²) in [5.74, 6) is -0.895. The lowest BCUT2D eigenvalue weighted by Gasteiger charge is -2.18. The molecule has 0 N–H and O–H groups in total. The third kappa shape index (κ3) is 61.6. The van der Waals surface area contributed by atoms with Crippen LogP contribution in [0.1, 0.15) is 329 Å². The highest BCUT2D eigenvalue weighted by Gasteiger charge is 2.19. The number of allylic oxidation sites excluding steroid dienone is 12. The van der Waals surface area contributed by atoms with Gasteiger partial charge in [0.05, 0.1) is 0 Å². The summed E-state index contributed by atoms with van der Waals surface area (Å²) in [5, 5.41) is 0. The Morgan fingerprint density at radius 1 is 0.280 bits per heavy atom. The quantitative estimate of drug-likeness (QED) is 0.0261. The average molecular weight is 1050 g/mol. The van der Waals surface area contributed by atoms with Crippen molar-refractivity contribution in [2.75, 3.05) is 13.2 Å². The highest BCUT2D eigenvalue weighted by molar-refractivity contribution is 5.71. The van der Waals surface area contributed by atoms with Crippen molar-refractivity contribution in [3.05, 3.63) is 72.9 Å². The molecule has 0 unspecified atom stereocenters. The topological polar surface area (TPSA) is 78.9 Å². The van der Waals surface area contributed by atoms with E-state index in [1.54, 1.807) is 0 Å². The van der Waals surface area contributed by atoms with Crippen LogP contribution in [-0.2, 0) is 28.6 Å². The number of carbonyl (C=O) groups excluding carboxylic acids is 3. The van der Waals surface area contributed by atoms with Gasteiger partial charge in [0.15, 0.2) is 6.10 Å². The number of hydrogen-bond donors (Lipinski definition) is 0. The third-order valence-electron chi connectivity index (χ3n) is 14.2. The maximum absolute atomic E-state index is 12.9. The van der Waals surface area contributed by atoms with Crippen molar-refractivity contribution in [1.29, 1.82) is 0 Å². The summed E-state index contributed by atoms with van der Waals surface area (Å²) < 4.78 is 16.9. The van der Waals surface area contributed by atoms with Crippen molar-refractivity contribution in [2.45, 2.75) is 335 Å². The maximum Gasteiger partial charge on any atom is 0.306 e. The van der Waals surface area contributed by atoms with Gasteiger partial charge in [-0.2, -0.15) is 0 Å². The highest BCUT2D eigenvalue weighted by atomic mass is 16.6. The molecular formula is C69H122O6. The van der Waals surface area contributed by atoms with E-state index in [0.717, 1.165) is 103 Å². The van der Waals surface area contributed by atoms with Crippen molar-refractivity contribution in [3.8, 4) is 0 Å². The van der Waals surface area contributed by atoms with Crippen LogP contribution in [0.5, 0.6) is 0 Å². The Balaban J connectivity index is 4.37. The molecule has 75 heavy (non-hydrogen) atoms. The summed E-state index contributed by atoms with van der Waals surface area (Å²) in [6, 6.07) is 0. The second-order valence-corrected chi connectivity index (χ2v) is 21.6. The van der Waals surface area contributed by atoms with Crippen LogP contribution in [0, 0.1) is 0 Å². The molecule has 0 aromatic rings. The molecule has 0 aromatic carbocycles. The standard InChI is InChI=1S/C69H122O6/c1-4-7-10-13-16-19-22-25-28-31-33-34-36-39-41-44-47-50-53-56-59-62-68(71)74-65-66(75-69(72)63-60-57-54-51-48-45-42-37-30-27-24-21-18-15-12-9-6-3)64-73-67(70)61-58-55-52-49-46-43-40-38-35-32-29-26-23-20-17-14-11-8-5-2/h9,12,17-18,20-21,26-27,29-30,42,45,66H,4-8,10-11,13-16,19,22-25,28,31-41,43-44,46-65H2,1-3H3/b12-9-,20-17-,21-18-,29-26-,30-27-,45-42-/t66-/m1/s1. The molecule has 0 saturated heterocycles. The van der Waals surface area contributed by atoms with Crippen LogP contribution in [0.25, 0.3) is 0 Å². The lowest BCUT2D eigenvalue weighted by atomic mass is 10.0. The molecule has 1 atom stereocenters. The van der Waals surface area contributed by atoms with Gasteiger partial charge in [-0.1, -0.05) is 293 Å². The van der Waals surface area contributed by atoms with E-state index in [4.69, 9.17) is 14.2 Å². The molecule has 0 radical (unpaired) electrons. The van der Waals surface area contributed by atoms with Crippen LogP contribution in [0.4, 0.5) is 0 Å². The number of hydrogen-bond acceptors (Lipinski definition) is 6. The van der Waals surface area contributed by atoms with Crippen LogP contribution in [-0.4, -0.2) is 37.2 Å². The predicted octanol–water partition coefficient (Wildman–Crippen LogP) is 22.1. The van der Waals surface area contributed by atoms with Crippen molar-refractivity contribution in [3.63, 3.8) is 0 Å². The summed E-state index contributed by atoms with van der Waals surface area (Å²) in [5.41, 5.74) is 0. The molecule has 0 amide bonds. The van der Waals surface area contributed by atoms with Gasteiger partial charge in [0.1, 0.15) is 13.2 Å². The predicted molar refractivity (Wildman–Crippen MR) is 325 cm³/mol. The van der Waals surface area contributed by atoms with E-state index in [1.807, 2.05) is 0 Å². The van der Waals surface area contributed by atoms with Crippen molar-refractivity contribution < 1.29 is 28.6 Å². The largest absolute Gasteiger partial charge is 0.462 e. The molecule has 0 aliphatic heterocycles. The summed E-state index contributed by atoms with van der Waals surface area (Å²) in [6.07, 6.45) is 81.9. The molecule has 6 nitrogen and oxygen atoms in total. The Morgan fingerprint density at radius 3 is 0.840 bits per heavy atom. The first kappa shape index (κ1) is 71.8. The fourth-order valence-electron chi connectivity index (χ4n) is 9.35. The van der Waals surface area contributed by atoms with Gasteiger partial charge in [-0.25, -0.2) is 0 Å². The van der Waals surface area contributed by atoms with Gasteiger partial charge in [0.25, 0.3) is 0 Å². The Kier molecular flexibility index (Phi) is 60.7. The number of esters is 3. The minimum Gasteiger partial charge on any atom is -0.462 e. The fraction of sp³-hybridized carbons (Fsp3) is 0.783. The molecule has 0 saturated carbocycles. The average Bonchev–Trinajstić information content (AvgIpc) is 3.41. The molecular weight excluding hydrogens is 925 g/mol. The SMILES string of the molecule is CC/C=C\C/C=C\C/C=C\C/C=C\CCCCCCC(=O)O[C@H](COC(=O)CCCCCCCCCCC/C=C\C/C=C\CCCCC)COC(=O)CCCCCCCCCCCCCCCCCCCCCCC. The second kappa shape index (κ2) is 63.4. The van der Waals surface area contributed by atoms with Crippen molar-refractivity contribution in [1.82, 2.24) is 0 Å². The third-order valence-corrected chi connectivity index (χ3v) is 14.2. The number of rotatable bonds is 59. The van der Waals surface area contributed by atoms with Crippen LogP contribution in [0.3, 0.4) is 0 Å². The van der Waals surface area contributed by atoms with Crippen LogP contribution >= 0.6 is 0 Å². The van der Waals surface area contributed by atoms with E-state index in [-0.39, 0.29) is 31.1 Å². The summed E-state index contributed by atoms with van der Waals surface area (Å²) >= 11 is 0. The van der Waals surface area contributed by atoms with Gasteiger partial charge in [-0.15, -0.1) is 0 Å². The van der Waals surface area contributed by atoms with Crippen molar-refractivity contribution >= 4 is 17.9 Å². The van der Waals surface area contributed by atoms with E-state index in [9.17, 15) is 14.4 Å². The van der Waals surface area contributed by atoms with E-state index in [2.05, 4.69) is 93.7 Å². The monoisotopic (exact) mass is 1050 g/mol. The lowest BCUT2D eigenvalue weighted by Crippen LogP contribution is -2.30. The summed E-state index contributed by atoms with van der Waals surface area (Å²) in [4.78, 5) is 38.4. The molecule has 434 valence electrons. The molecule has 0 aromatic heterocycles. The summed E-state index contributed by atoms with van der Waals surface area (Å²) in [7, 11) is 0. The van der Waals surface area contributed by atoms with E-state index in [1.165, 1.54) is 186 Å². The van der Waals surface area contributed by atoms with Crippen LogP contribution in [0.15, 0.2) is 72.9 Å². The molecule has 0 aliphatic rings. The Labute approximate surface area is 465 Å². The first-order chi connectivity index (χ1) is 37.0. The zero-order valence-corrected chi connectivity index (χ0v) is 49.8. The van der Waals surface area contributed by atoms with E-state index < -0.39 is 6.10 Å². The molecule has 0 spiro atoms. The smallest absolute Gasteiger partial charge is 0.306 e. The molecule has 0 bridgehead atoms. The summed E-state index contributed by atoms with van der Waals surface area (Å²) in [6.45, 7) is 6.53. The number of unbranched alkanes of at least 4 members (excludes halogenated alkanes) is 36. The van der Waals surface area contributed by atoms with Gasteiger partial charge < -0.3 is 14.2 Å². The van der Waals surface area contributed by atoms with Crippen LogP contribution in [0.2, 0.25) is 0 Å². The minimum absolute atomic E-state index is 0.0838. The zero-order valence-electron chi connectivity index (χ0n) is 49.8. The Hall–Kier alpha value is -3.15. The Morgan fingerprint density at radius 2 is 0.520 bits per heavy atom. The normalized spacial score (nSPS) is 12.5. The van der Waals surface area contributed by atoms with E-state index in [0.29, 0.717) is 19.3 Å². The fourth-order valence-corrected chi connectivity index (χ4v) is 9.35. The van der Waals surface area contributed by atoms with Gasteiger partial charge in [0, 0.05) is 19.3 Å². The molecule has 0 aliphatic carbocycles. The van der Waals surface area contributed by atoms with Gasteiger partial charge >= 0.3 is 17.9 Å². The second-order valence-electron chi connectivity index (χ2n) is 21.6. The van der Waals surface area contributed by atoms with Gasteiger partial charge in [-0.3, -0.25) is 14.4 Å². The Bertz CT molecular complexity index is 1390. The first-order valence-electron chi connectivity index (χ1n) is 32.4. The zero-order chi connectivity index (χ0) is 54.3. The van der Waals surface area contributed by atoms with Crippen LogP contribution < -0.4 is 0 Å². The molecule has 0 rings (SSSR count). The maximum atomic E-state index is 12.9. The molecule has 0 heterocycles. The highest BCUT2D eigenvalue weighted by Crippen LogP contribution is 2.17. The number of ether oxygens (including phenoxy) is 3. The first-order valence-corrected chi connectivity index (χ1v) is 32.4. The number of carbonyl (C=O) groups is 3. The van der Waals surface area contributed by atoms with Gasteiger partial charge in [0.2, 0.25) is 0 Å². The lowest BCUT2D eigenvalue weighted by molar-refractivity contribution is -0.167. The molecule has 0 fully saturated rings. The van der Waals surface area contributed by atoms with E-state index >= 15 is 0 Å². The van der Waals surface area contributed by atoms with Crippen molar-refractivity contribution in [2.24, 2.45) is 0 Å². The molecule has 6 heteroatoms.